The predicted octanol–water partition coefficient (Wildman–Crippen LogP) is 2.05. The summed E-state index contributed by atoms with van der Waals surface area (Å²) >= 11 is 0. The minimum Gasteiger partial charge on any atom is -0.495 e. The van der Waals surface area contributed by atoms with Gasteiger partial charge in [-0.15, -0.1) is 0 Å². The molecule has 10 heteroatoms. The first kappa shape index (κ1) is 23.7. The van der Waals surface area contributed by atoms with Crippen molar-refractivity contribution >= 4 is 35.3 Å². The second kappa shape index (κ2) is 10.9. The lowest BCUT2D eigenvalue weighted by Gasteiger charge is -2.19. The molecule has 1 rings (SSSR count). The molecule has 0 aromatic heterocycles. The van der Waals surface area contributed by atoms with E-state index in [1.165, 1.54) is 20.1 Å². The van der Waals surface area contributed by atoms with E-state index in [9.17, 15) is 19.2 Å². The van der Waals surface area contributed by atoms with Crippen LogP contribution >= 0.6 is 0 Å². The Kier molecular flexibility index (Phi) is 8.91. The Hall–Kier alpha value is -3.30. The lowest BCUT2D eigenvalue weighted by Crippen LogP contribution is -2.34. The SMILES string of the molecule is COc1ccc(NC(C)=O)cc1NC(=O)COC(=O)CCNC(=O)OC(C)(C)C. The normalized spacial score (nSPS) is 10.5. The molecule has 0 unspecified atom stereocenters. The number of anilines is 2. The second-order valence-electron chi connectivity index (χ2n) is 6.98. The van der Waals surface area contributed by atoms with Gasteiger partial charge in [0.1, 0.15) is 11.4 Å². The summed E-state index contributed by atoms with van der Waals surface area (Å²) in [4.78, 5) is 46.4. The van der Waals surface area contributed by atoms with Gasteiger partial charge in [0.15, 0.2) is 6.61 Å². The quantitative estimate of drug-likeness (QED) is 0.560. The molecular formula is C19H27N3O7. The van der Waals surface area contributed by atoms with Crippen LogP contribution in [0.25, 0.3) is 0 Å². The first-order valence-corrected chi connectivity index (χ1v) is 8.88. The van der Waals surface area contributed by atoms with E-state index in [0.717, 1.165) is 0 Å². The zero-order valence-electron chi connectivity index (χ0n) is 17.2. The average molecular weight is 409 g/mol. The molecule has 0 saturated carbocycles. The molecule has 0 bridgehead atoms. The first-order chi connectivity index (χ1) is 13.5. The molecule has 29 heavy (non-hydrogen) atoms. The number of carbonyl (C=O) groups excluding carboxylic acids is 4. The maximum atomic E-state index is 12.0. The van der Waals surface area contributed by atoms with Gasteiger partial charge in [-0.1, -0.05) is 0 Å². The van der Waals surface area contributed by atoms with Crippen molar-refractivity contribution in [3.05, 3.63) is 18.2 Å². The fourth-order valence-electron chi connectivity index (χ4n) is 2.07. The summed E-state index contributed by atoms with van der Waals surface area (Å²) < 4.78 is 15.1. The van der Waals surface area contributed by atoms with Gasteiger partial charge in [0.2, 0.25) is 5.91 Å². The van der Waals surface area contributed by atoms with E-state index in [4.69, 9.17) is 14.2 Å². The molecule has 0 aliphatic heterocycles. The van der Waals surface area contributed by atoms with Gasteiger partial charge in [-0.05, 0) is 39.0 Å². The molecule has 10 nitrogen and oxygen atoms in total. The Morgan fingerprint density at radius 3 is 2.34 bits per heavy atom. The van der Waals surface area contributed by atoms with Gasteiger partial charge in [-0.2, -0.15) is 0 Å². The van der Waals surface area contributed by atoms with Crippen LogP contribution in [0.3, 0.4) is 0 Å². The van der Waals surface area contributed by atoms with E-state index < -0.39 is 30.2 Å². The highest BCUT2D eigenvalue weighted by atomic mass is 16.6. The van der Waals surface area contributed by atoms with Gasteiger partial charge >= 0.3 is 12.1 Å². The van der Waals surface area contributed by atoms with Crippen LogP contribution in [0.5, 0.6) is 5.75 Å². The Labute approximate surface area is 169 Å². The van der Waals surface area contributed by atoms with Crippen LogP contribution in [0.2, 0.25) is 0 Å². The first-order valence-electron chi connectivity index (χ1n) is 8.88. The van der Waals surface area contributed by atoms with Crippen molar-refractivity contribution < 1.29 is 33.4 Å². The summed E-state index contributed by atoms with van der Waals surface area (Å²) in [6.07, 6.45) is -0.761. The average Bonchev–Trinajstić information content (AvgIpc) is 2.58. The third kappa shape index (κ3) is 9.99. The highest BCUT2D eigenvalue weighted by molar-refractivity contribution is 5.96. The largest absolute Gasteiger partial charge is 0.495 e. The highest BCUT2D eigenvalue weighted by Gasteiger charge is 2.16. The van der Waals surface area contributed by atoms with Gasteiger partial charge in [0.25, 0.3) is 5.91 Å². The standard InChI is InChI=1S/C19H27N3O7/c1-12(23)21-13-6-7-15(27-5)14(10-13)22-16(24)11-28-17(25)8-9-20-18(26)29-19(2,3)4/h6-7,10H,8-9,11H2,1-5H3,(H,20,26)(H,21,23)(H,22,24). The number of amides is 3. The summed E-state index contributed by atoms with van der Waals surface area (Å²) in [5.74, 6) is -1.13. The summed E-state index contributed by atoms with van der Waals surface area (Å²) in [6.45, 7) is 6.03. The molecule has 0 heterocycles. The topological polar surface area (TPSA) is 132 Å². The van der Waals surface area contributed by atoms with Crippen molar-refractivity contribution in [2.75, 3.05) is 30.9 Å². The van der Waals surface area contributed by atoms with Crippen LogP contribution in [0.1, 0.15) is 34.1 Å². The molecule has 1 aromatic carbocycles. The summed E-state index contributed by atoms with van der Waals surface area (Å²) in [5, 5.41) is 7.56. The number of nitrogens with one attached hydrogen (secondary N) is 3. The van der Waals surface area contributed by atoms with E-state index in [2.05, 4.69) is 16.0 Å². The molecule has 0 radical (unpaired) electrons. The van der Waals surface area contributed by atoms with E-state index >= 15 is 0 Å². The molecule has 0 fully saturated rings. The van der Waals surface area contributed by atoms with Crippen LogP contribution in [0.15, 0.2) is 18.2 Å². The Balaban J connectivity index is 2.46. The molecule has 3 N–H and O–H groups in total. The molecule has 3 amide bonds. The molecule has 0 atom stereocenters. The second-order valence-corrected chi connectivity index (χ2v) is 6.98. The predicted molar refractivity (Wildman–Crippen MR) is 106 cm³/mol. The minimum atomic E-state index is -0.657. The van der Waals surface area contributed by atoms with E-state index in [1.54, 1.807) is 32.9 Å². The number of hydrogen-bond donors (Lipinski definition) is 3. The van der Waals surface area contributed by atoms with Crippen LogP contribution in [0.4, 0.5) is 16.2 Å². The molecule has 0 spiro atoms. The Morgan fingerprint density at radius 1 is 1.07 bits per heavy atom. The number of carbonyl (C=O) groups is 4. The smallest absolute Gasteiger partial charge is 0.407 e. The highest BCUT2D eigenvalue weighted by Crippen LogP contribution is 2.27. The molecule has 0 saturated heterocycles. The van der Waals surface area contributed by atoms with Gasteiger partial charge < -0.3 is 30.2 Å². The van der Waals surface area contributed by atoms with E-state index in [-0.39, 0.29) is 18.9 Å². The van der Waals surface area contributed by atoms with Crippen molar-refractivity contribution in [2.24, 2.45) is 0 Å². The summed E-state index contributed by atoms with van der Waals surface area (Å²) in [6, 6.07) is 4.72. The van der Waals surface area contributed by atoms with E-state index in [1.807, 2.05) is 0 Å². The minimum absolute atomic E-state index is 0.0158. The van der Waals surface area contributed by atoms with Crippen molar-refractivity contribution in [1.82, 2.24) is 5.32 Å². The summed E-state index contributed by atoms with van der Waals surface area (Å²) in [5.41, 5.74) is 0.145. The number of ether oxygens (including phenoxy) is 3. The lowest BCUT2D eigenvalue weighted by molar-refractivity contribution is -0.147. The number of alkyl carbamates (subject to hydrolysis) is 1. The number of rotatable bonds is 8. The number of esters is 1. The Morgan fingerprint density at radius 2 is 1.76 bits per heavy atom. The number of methoxy groups -OCH3 is 1. The number of benzene rings is 1. The van der Waals surface area contributed by atoms with E-state index in [0.29, 0.717) is 17.1 Å². The molecular weight excluding hydrogens is 382 g/mol. The van der Waals surface area contributed by atoms with Gasteiger partial charge in [0, 0.05) is 19.2 Å². The van der Waals surface area contributed by atoms with Crippen molar-refractivity contribution in [3.63, 3.8) is 0 Å². The third-order valence-electron chi connectivity index (χ3n) is 3.16. The molecule has 1 aromatic rings. The van der Waals surface area contributed by atoms with Crippen molar-refractivity contribution in [3.8, 4) is 5.75 Å². The lowest BCUT2D eigenvalue weighted by atomic mass is 10.2. The zero-order valence-corrected chi connectivity index (χ0v) is 17.2. The van der Waals surface area contributed by atoms with Gasteiger partial charge in [0.05, 0.1) is 19.2 Å². The van der Waals surface area contributed by atoms with Gasteiger partial charge in [-0.25, -0.2) is 4.79 Å². The molecule has 0 aliphatic rings. The van der Waals surface area contributed by atoms with Crippen LogP contribution in [-0.4, -0.2) is 49.7 Å². The maximum absolute atomic E-state index is 12.0. The fraction of sp³-hybridized carbons (Fsp3) is 0.474. The molecule has 0 aliphatic carbocycles. The Bertz CT molecular complexity index is 757. The van der Waals surface area contributed by atoms with Crippen LogP contribution in [-0.2, 0) is 23.9 Å². The monoisotopic (exact) mass is 409 g/mol. The fourth-order valence-corrected chi connectivity index (χ4v) is 2.07. The third-order valence-corrected chi connectivity index (χ3v) is 3.16. The van der Waals surface area contributed by atoms with Crippen LogP contribution in [0, 0.1) is 0 Å². The van der Waals surface area contributed by atoms with Crippen LogP contribution < -0.4 is 20.7 Å². The molecule has 160 valence electrons. The van der Waals surface area contributed by atoms with Gasteiger partial charge in [-0.3, -0.25) is 14.4 Å². The maximum Gasteiger partial charge on any atom is 0.407 e. The number of hydrogen-bond acceptors (Lipinski definition) is 7. The summed E-state index contributed by atoms with van der Waals surface area (Å²) in [7, 11) is 1.43. The van der Waals surface area contributed by atoms with Crippen molar-refractivity contribution in [1.29, 1.82) is 0 Å². The van der Waals surface area contributed by atoms with Crippen molar-refractivity contribution in [2.45, 2.75) is 39.7 Å². The zero-order chi connectivity index (χ0) is 22.0.